The summed E-state index contributed by atoms with van der Waals surface area (Å²) in [5.41, 5.74) is 1.28. The Hall–Kier alpha value is -2.43. The van der Waals surface area contributed by atoms with E-state index in [1.54, 1.807) is 24.3 Å². The Morgan fingerprint density at radius 3 is 2.35 bits per heavy atom. The Balaban J connectivity index is 1.80. The van der Waals surface area contributed by atoms with Gasteiger partial charge in [0.2, 0.25) is 0 Å². The molecule has 0 unspecified atom stereocenters. The molecule has 2 aromatic carbocycles. The van der Waals surface area contributed by atoms with Crippen LogP contribution in [0.25, 0.3) is 11.1 Å². The highest BCUT2D eigenvalue weighted by Crippen LogP contribution is 2.32. The zero-order chi connectivity index (χ0) is 18.8. The van der Waals surface area contributed by atoms with E-state index >= 15 is 0 Å². The number of hydrogen-bond donors (Lipinski definition) is 1. The average molecular weight is 359 g/mol. The van der Waals surface area contributed by atoms with E-state index in [4.69, 9.17) is 0 Å². The fraction of sp³-hybridized carbons (Fsp3) is 0.381. The van der Waals surface area contributed by atoms with Crippen LogP contribution in [0.2, 0.25) is 0 Å². The third-order valence-corrected chi connectivity index (χ3v) is 4.68. The van der Waals surface area contributed by atoms with E-state index in [0.717, 1.165) is 37.9 Å². The van der Waals surface area contributed by atoms with Gasteiger partial charge in [0.05, 0.1) is 0 Å². The summed E-state index contributed by atoms with van der Waals surface area (Å²) in [4.78, 5) is 14.8. The molecule has 1 saturated carbocycles. The SMILES string of the molecule is CC(C)CCN(C(=O)c1ccc(-c2cc(F)c(F)cc2O)cc1)C1CC1. The maximum absolute atomic E-state index is 13.5. The van der Waals surface area contributed by atoms with Crippen molar-refractivity contribution in [1.29, 1.82) is 0 Å². The van der Waals surface area contributed by atoms with Gasteiger partial charge in [-0.25, -0.2) is 8.78 Å². The molecule has 0 bridgehead atoms. The van der Waals surface area contributed by atoms with Crippen LogP contribution in [0.4, 0.5) is 8.78 Å². The number of amides is 1. The minimum absolute atomic E-state index is 0.00536. The van der Waals surface area contributed by atoms with Crippen molar-refractivity contribution in [3.8, 4) is 16.9 Å². The van der Waals surface area contributed by atoms with Crippen molar-refractivity contribution in [2.24, 2.45) is 5.92 Å². The number of phenolic OH excluding ortho intramolecular Hbond substituents is 1. The van der Waals surface area contributed by atoms with Crippen molar-refractivity contribution in [1.82, 2.24) is 4.90 Å². The summed E-state index contributed by atoms with van der Waals surface area (Å²) >= 11 is 0. The van der Waals surface area contributed by atoms with Gasteiger partial charge in [0.25, 0.3) is 5.91 Å². The second kappa shape index (κ2) is 7.44. The minimum atomic E-state index is -1.09. The van der Waals surface area contributed by atoms with Crippen LogP contribution in [0.3, 0.4) is 0 Å². The largest absolute Gasteiger partial charge is 0.507 e. The molecule has 0 saturated heterocycles. The molecule has 1 aliphatic carbocycles. The van der Waals surface area contributed by atoms with Crippen LogP contribution in [0.5, 0.6) is 5.75 Å². The normalized spacial score (nSPS) is 13.9. The molecule has 3 rings (SSSR count). The van der Waals surface area contributed by atoms with Gasteiger partial charge in [0.1, 0.15) is 5.75 Å². The smallest absolute Gasteiger partial charge is 0.254 e. The highest BCUT2D eigenvalue weighted by molar-refractivity contribution is 5.95. The lowest BCUT2D eigenvalue weighted by molar-refractivity contribution is 0.0735. The number of phenols is 1. The number of nitrogens with zero attached hydrogens (tertiary/aromatic N) is 1. The molecule has 26 heavy (non-hydrogen) atoms. The third-order valence-electron chi connectivity index (χ3n) is 4.68. The maximum Gasteiger partial charge on any atom is 0.254 e. The van der Waals surface area contributed by atoms with Crippen LogP contribution in [0, 0.1) is 17.6 Å². The van der Waals surface area contributed by atoms with Gasteiger partial charge >= 0.3 is 0 Å². The number of carbonyl (C=O) groups is 1. The Labute approximate surface area is 152 Å². The molecule has 0 aliphatic heterocycles. The van der Waals surface area contributed by atoms with Gasteiger partial charge in [0.15, 0.2) is 11.6 Å². The summed E-state index contributed by atoms with van der Waals surface area (Å²) in [6, 6.07) is 8.67. The molecule has 0 spiro atoms. The molecule has 0 heterocycles. The van der Waals surface area contributed by atoms with Gasteiger partial charge in [-0.15, -0.1) is 0 Å². The lowest BCUT2D eigenvalue weighted by Gasteiger charge is -2.23. The highest BCUT2D eigenvalue weighted by atomic mass is 19.2. The summed E-state index contributed by atoms with van der Waals surface area (Å²) in [7, 11) is 0. The van der Waals surface area contributed by atoms with Gasteiger partial charge in [0, 0.05) is 29.8 Å². The standard InChI is InChI=1S/C21H23F2NO2/c1-13(2)9-10-24(16-7-8-16)21(26)15-5-3-14(4-6-15)17-11-18(22)19(23)12-20(17)25/h3-6,11-13,16,25H,7-10H2,1-2H3. The number of benzene rings is 2. The zero-order valence-electron chi connectivity index (χ0n) is 15.0. The third kappa shape index (κ3) is 4.03. The molecule has 3 nitrogen and oxygen atoms in total. The lowest BCUT2D eigenvalue weighted by Crippen LogP contribution is -2.34. The van der Waals surface area contributed by atoms with Crippen molar-refractivity contribution in [2.75, 3.05) is 6.54 Å². The predicted octanol–water partition coefficient (Wildman–Crippen LogP) is 4.99. The summed E-state index contributed by atoms with van der Waals surface area (Å²) in [5.74, 6) is -1.92. The number of carbonyl (C=O) groups excluding carboxylic acids is 1. The molecule has 2 aromatic rings. The first kappa shape index (κ1) is 18.4. The highest BCUT2D eigenvalue weighted by Gasteiger charge is 2.32. The second-order valence-electron chi connectivity index (χ2n) is 7.27. The van der Waals surface area contributed by atoms with E-state index in [2.05, 4.69) is 13.8 Å². The number of aromatic hydroxyl groups is 1. The molecule has 0 aromatic heterocycles. The fourth-order valence-electron chi connectivity index (χ4n) is 2.96. The monoisotopic (exact) mass is 359 g/mol. The predicted molar refractivity (Wildman–Crippen MR) is 97.0 cm³/mol. The molecule has 0 atom stereocenters. The van der Waals surface area contributed by atoms with Crippen LogP contribution in [-0.2, 0) is 0 Å². The first-order valence-electron chi connectivity index (χ1n) is 8.96. The molecular formula is C21H23F2NO2. The summed E-state index contributed by atoms with van der Waals surface area (Å²) in [6.45, 7) is 5.02. The molecule has 138 valence electrons. The Bertz CT molecular complexity index is 798. The summed E-state index contributed by atoms with van der Waals surface area (Å²) < 4.78 is 26.6. The van der Waals surface area contributed by atoms with E-state index in [0.29, 0.717) is 23.1 Å². The lowest BCUT2D eigenvalue weighted by atomic mass is 10.0. The van der Waals surface area contributed by atoms with Crippen LogP contribution >= 0.6 is 0 Å². The van der Waals surface area contributed by atoms with Gasteiger partial charge in [-0.3, -0.25) is 4.79 Å². The Kier molecular flexibility index (Phi) is 5.25. The molecule has 5 heteroatoms. The number of rotatable bonds is 6. The zero-order valence-corrected chi connectivity index (χ0v) is 15.0. The minimum Gasteiger partial charge on any atom is -0.507 e. The van der Waals surface area contributed by atoms with Crippen molar-refractivity contribution in [3.63, 3.8) is 0 Å². The topological polar surface area (TPSA) is 40.5 Å². The van der Waals surface area contributed by atoms with E-state index < -0.39 is 11.6 Å². The molecule has 1 fully saturated rings. The van der Waals surface area contributed by atoms with Gasteiger partial charge in [-0.05, 0) is 48.9 Å². The van der Waals surface area contributed by atoms with Crippen LogP contribution in [0.1, 0.15) is 43.5 Å². The Morgan fingerprint density at radius 2 is 1.77 bits per heavy atom. The molecule has 1 aliphatic rings. The number of hydrogen-bond acceptors (Lipinski definition) is 2. The maximum atomic E-state index is 13.5. The fourth-order valence-corrected chi connectivity index (χ4v) is 2.96. The Morgan fingerprint density at radius 1 is 1.15 bits per heavy atom. The molecule has 0 radical (unpaired) electrons. The van der Waals surface area contributed by atoms with Gasteiger partial charge in [-0.1, -0.05) is 26.0 Å². The molecular weight excluding hydrogens is 336 g/mol. The second-order valence-corrected chi connectivity index (χ2v) is 7.27. The van der Waals surface area contributed by atoms with E-state index in [-0.39, 0.29) is 17.2 Å². The van der Waals surface area contributed by atoms with Crippen molar-refractivity contribution >= 4 is 5.91 Å². The van der Waals surface area contributed by atoms with Crippen molar-refractivity contribution in [2.45, 2.75) is 39.2 Å². The van der Waals surface area contributed by atoms with Crippen molar-refractivity contribution in [3.05, 3.63) is 53.6 Å². The van der Waals surface area contributed by atoms with Crippen LogP contribution < -0.4 is 0 Å². The van der Waals surface area contributed by atoms with Crippen molar-refractivity contribution < 1.29 is 18.7 Å². The number of halogens is 2. The first-order valence-corrected chi connectivity index (χ1v) is 8.96. The van der Waals surface area contributed by atoms with Crippen LogP contribution in [0.15, 0.2) is 36.4 Å². The van der Waals surface area contributed by atoms with Gasteiger partial charge in [-0.2, -0.15) is 0 Å². The van der Waals surface area contributed by atoms with E-state index in [1.165, 1.54) is 0 Å². The quantitative estimate of drug-likeness (QED) is 0.789. The van der Waals surface area contributed by atoms with E-state index in [9.17, 15) is 18.7 Å². The summed E-state index contributed by atoms with van der Waals surface area (Å²) in [6.07, 6.45) is 3.05. The molecule has 1 N–H and O–H groups in total. The summed E-state index contributed by atoms with van der Waals surface area (Å²) in [5, 5.41) is 9.86. The van der Waals surface area contributed by atoms with E-state index in [1.807, 2.05) is 4.90 Å². The van der Waals surface area contributed by atoms with Gasteiger partial charge < -0.3 is 10.0 Å². The molecule has 1 amide bonds. The first-order chi connectivity index (χ1) is 12.4. The average Bonchev–Trinajstić information content (AvgIpc) is 3.43. The van der Waals surface area contributed by atoms with Crippen LogP contribution in [-0.4, -0.2) is 28.5 Å².